The maximum atomic E-state index is 4.10. The Morgan fingerprint density at radius 2 is 1.37 bits per heavy atom. The van der Waals surface area contributed by atoms with Crippen LogP contribution in [0.5, 0.6) is 0 Å². The summed E-state index contributed by atoms with van der Waals surface area (Å²) < 4.78 is 5.10. The van der Waals surface area contributed by atoms with Gasteiger partial charge in [-0.25, -0.2) is 0 Å². The molecule has 0 amide bonds. The third-order valence-corrected chi connectivity index (χ3v) is 10.2. The van der Waals surface area contributed by atoms with Crippen molar-refractivity contribution in [3.8, 4) is 22.3 Å². The first-order valence-corrected chi connectivity index (χ1v) is 15.5. The molecule has 0 N–H and O–H groups in total. The van der Waals surface area contributed by atoms with Gasteiger partial charge in [0.15, 0.2) is 0 Å². The molecule has 43 heavy (non-hydrogen) atoms. The Labute approximate surface area is 253 Å². The van der Waals surface area contributed by atoms with Crippen LogP contribution in [0.2, 0.25) is 0 Å². The molecule has 0 aliphatic heterocycles. The number of hydrogen-bond donors (Lipinski definition) is 0. The number of thiophene rings is 1. The molecule has 0 fully saturated rings. The predicted octanol–water partition coefficient (Wildman–Crippen LogP) is 12.1. The summed E-state index contributed by atoms with van der Waals surface area (Å²) in [4.78, 5) is 0. The molecule has 9 rings (SSSR count). The zero-order chi connectivity index (χ0) is 28.7. The molecule has 2 heteroatoms. The fraction of sp³-hybridized carbons (Fsp3) is 0.0244. The van der Waals surface area contributed by atoms with E-state index >= 15 is 0 Å². The summed E-state index contributed by atoms with van der Waals surface area (Å²) in [6, 6.07) is 42.5. The van der Waals surface area contributed by atoms with Crippen molar-refractivity contribution in [1.82, 2.24) is 4.57 Å². The Kier molecular flexibility index (Phi) is 5.20. The van der Waals surface area contributed by atoms with Crippen molar-refractivity contribution in [2.75, 3.05) is 0 Å². The molecule has 6 aromatic carbocycles. The topological polar surface area (TPSA) is 4.93 Å². The largest absolute Gasteiger partial charge is 0.309 e. The number of rotatable bonds is 4. The second-order valence-corrected chi connectivity index (χ2v) is 12.5. The van der Waals surface area contributed by atoms with Gasteiger partial charge < -0.3 is 4.57 Å². The molecule has 2 heterocycles. The number of benzene rings is 6. The zero-order valence-electron chi connectivity index (χ0n) is 23.8. The highest BCUT2D eigenvalue weighted by molar-refractivity contribution is 7.25. The van der Waals surface area contributed by atoms with Crippen LogP contribution in [0.15, 0.2) is 140 Å². The van der Waals surface area contributed by atoms with Gasteiger partial charge in [-0.1, -0.05) is 97.6 Å². The standard InChI is InChI=1S/C41H27NS/c1-3-11-28(22-25(2)26-12-5-4-6-13-26)42-35-18-10-17-31-33-24-38-34(29-15-7-8-19-37(29)43-38)23-32(33)30-16-9-14-27-20-21-36(42)41(39(27)30)40(31)35/h3-24H,1H2,2H3/b25-22+,28-11+. The van der Waals surface area contributed by atoms with Crippen molar-refractivity contribution >= 4 is 75.4 Å². The first-order valence-electron chi connectivity index (χ1n) is 14.7. The Hall–Kier alpha value is -5.18. The molecule has 2 aromatic heterocycles. The van der Waals surface area contributed by atoms with Crippen LogP contribution in [0, 0.1) is 0 Å². The third kappa shape index (κ3) is 3.45. The first kappa shape index (κ1) is 24.4. The molecule has 202 valence electrons. The number of hydrogen-bond acceptors (Lipinski definition) is 1. The normalized spacial score (nSPS) is 13.1. The molecule has 0 bridgehead atoms. The van der Waals surface area contributed by atoms with Crippen molar-refractivity contribution in [2.45, 2.75) is 6.92 Å². The van der Waals surface area contributed by atoms with Gasteiger partial charge in [-0.3, -0.25) is 0 Å². The van der Waals surface area contributed by atoms with Crippen LogP contribution >= 0.6 is 11.3 Å². The van der Waals surface area contributed by atoms with Crippen LogP contribution in [-0.4, -0.2) is 4.57 Å². The van der Waals surface area contributed by atoms with E-state index in [0.717, 1.165) is 5.70 Å². The Bertz CT molecular complexity index is 2520. The average Bonchev–Trinajstić information content (AvgIpc) is 3.55. The SMILES string of the molecule is C=C/C=C(\C=C(/C)c1ccccc1)n1c2cccc3c2c2c4c(cccc4ccc21)-c1cc2c(cc1-3)sc1ccccc12. The maximum Gasteiger partial charge on any atom is 0.0547 e. The number of fused-ring (bicyclic) bond motifs is 6. The summed E-state index contributed by atoms with van der Waals surface area (Å²) in [6.07, 6.45) is 6.32. The lowest BCUT2D eigenvalue weighted by atomic mass is 9.92. The van der Waals surface area contributed by atoms with Gasteiger partial charge in [-0.2, -0.15) is 0 Å². The Balaban J connectivity index is 1.43. The molecule has 0 saturated heterocycles. The molecule has 0 saturated carbocycles. The first-order chi connectivity index (χ1) is 21.2. The van der Waals surface area contributed by atoms with Gasteiger partial charge in [0, 0.05) is 36.6 Å². The molecule has 1 aliphatic rings. The fourth-order valence-electron chi connectivity index (χ4n) is 7.18. The minimum absolute atomic E-state index is 1.10. The number of nitrogens with zero attached hydrogens (tertiary/aromatic N) is 1. The lowest BCUT2D eigenvalue weighted by molar-refractivity contribution is 1.24. The van der Waals surface area contributed by atoms with E-state index in [4.69, 9.17) is 0 Å². The van der Waals surface area contributed by atoms with Gasteiger partial charge >= 0.3 is 0 Å². The van der Waals surface area contributed by atoms with Crippen LogP contribution in [-0.2, 0) is 0 Å². The predicted molar refractivity (Wildman–Crippen MR) is 189 cm³/mol. The van der Waals surface area contributed by atoms with Crippen molar-refractivity contribution < 1.29 is 0 Å². The molecule has 8 aromatic rings. The monoisotopic (exact) mass is 565 g/mol. The van der Waals surface area contributed by atoms with E-state index < -0.39 is 0 Å². The minimum atomic E-state index is 1.10. The van der Waals surface area contributed by atoms with Gasteiger partial charge in [0.25, 0.3) is 0 Å². The molecule has 1 nitrogen and oxygen atoms in total. The Morgan fingerprint density at radius 1 is 0.628 bits per heavy atom. The van der Waals surface area contributed by atoms with Crippen molar-refractivity contribution in [2.24, 2.45) is 0 Å². The fourth-order valence-corrected chi connectivity index (χ4v) is 8.31. The van der Waals surface area contributed by atoms with Crippen LogP contribution in [0.3, 0.4) is 0 Å². The summed E-state index contributed by atoms with van der Waals surface area (Å²) in [5.74, 6) is 0. The van der Waals surface area contributed by atoms with E-state index in [1.54, 1.807) is 0 Å². The second-order valence-electron chi connectivity index (χ2n) is 11.4. The maximum absolute atomic E-state index is 4.10. The molecule has 1 aliphatic carbocycles. The molecular formula is C41H27NS. The second kappa shape index (κ2) is 9.16. The van der Waals surface area contributed by atoms with E-state index in [2.05, 4.69) is 145 Å². The lowest BCUT2D eigenvalue weighted by Gasteiger charge is -2.15. The summed E-state index contributed by atoms with van der Waals surface area (Å²) in [7, 11) is 0. The smallest absolute Gasteiger partial charge is 0.0547 e. The molecule has 0 spiro atoms. The van der Waals surface area contributed by atoms with Crippen molar-refractivity contribution in [3.05, 3.63) is 146 Å². The van der Waals surface area contributed by atoms with Crippen LogP contribution in [0.25, 0.3) is 86.3 Å². The Morgan fingerprint density at radius 3 is 2.23 bits per heavy atom. The quantitative estimate of drug-likeness (QED) is 0.187. The number of allylic oxidation sites excluding steroid dienone is 5. The van der Waals surface area contributed by atoms with Gasteiger partial charge in [0.2, 0.25) is 0 Å². The van der Waals surface area contributed by atoms with Crippen LogP contribution in [0.4, 0.5) is 0 Å². The molecule has 0 radical (unpaired) electrons. The number of aromatic nitrogens is 1. The van der Waals surface area contributed by atoms with Crippen LogP contribution < -0.4 is 0 Å². The minimum Gasteiger partial charge on any atom is -0.309 e. The van der Waals surface area contributed by atoms with Gasteiger partial charge in [-0.05, 0) is 93.6 Å². The van der Waals surface area contributed by atoms with Gasteiger partial charge in [-0.15, -0.1) is 11.3 Å². The lowest BCUT2D eigenvalue weighted by Crippen LogP contribution is -1.96. The highest BCUT2D eigenvalue weighted by Crippen LogP contribution is 2.51. The van der Waals surface area contributed by atoms with E-state index in [1.165, 1.54) is 86.1 Å². The summed E-state index contributed by atoms with van der Waals surface area (Å²) in [5.41, 5.74) is 11.2. The highest BCUT2D eigenvalue weighted by atomic mass is 32.1. The van der Waals surface area contributed by atoms with Crippen LogP contribution in [0.1, 0.15) is 12.5 Å². The van der Waals surface area contributed by atoms with Crippen molar-refractivity contribution in [1.29, 1.82) is 0 Å². The molecule has 0 unspecified atom stereocenters. The molecular weight excluding hydrogens is 539 g/mol. The van der Waals surface area contributed by atoms with E-state index in [0.29, 0.717) is 0 Å². The third-order valence-electron chi connectivity index (χ3n) is 9.04. The molecule has 0 atom stereocenters. The zero-order valence-corrected chi connectivity index (χ0v) is 24.6. The van der Waals surface area contributed by atoms with Gasteiger partial charge in [0.1, 0.15) is 0 Å². The van der Waals surface area contributed by atoms with Crippen molar-refractivity contribution in [3.63, 3.8) is 0 Å². The highest BCUT2D eigenvalue weighted by Gasteiger charge is 2.25. The van der Waals surface area contributed by atoms with E-state index in [1.807, 2.05) is 17.4 Å². The summed E-state index contributed by atoms with van der Waals surface area (Å²) >= 11 is 1.89. The summed E-state index contributed by atoms with van der Waals surface area (Å²) in [5, 5.41) is 7.91. The average molecular weight is 566 g/mol. The van der Waals surface area contributed by atoms with E-state index in [9.17, 15) is 0 Å². The van der Waals surface area contributed by atoms with E-state index in [-0.39, 0.29) is 0 Å². The van der Waals surface area contributed by atoms with Gasteiger partial charge in [0.05, 0.1) is 11.0 Å². The summed E-state index contributed by atoms with van der Waals surface area (Å²) in [6.45, 7) is 6.29.